The van der Waals surface area contributed by atoms with Crippen LogP contribution in [0.1, 0.15) is 13.8 Å². The normalized spacial score (nSPS) is 11.7. The molecule has 2 nitrogen and oxygen atoms in total. The van der Waals surface area contributed by atoms with Crippen molar-refractivity contribution in [1.82, 2.24) is 5.32 Å². The average Bonchev–Trinajstić information content (AvgIpc) is 2.77. The van der Waals surface area contributed by atoms with E-state index in [0.29, 0.717) is 12.5 Å². The van der Waals surface area contributed by atoms with Gasteiger partial charge in [0.05, 0.1) is 6.16 Å². The van der Waals surface area contributed by atoms with Crippen LogP contribution in [0.2, 0.25) is 0 Å². The molecular weight excluding hydrogens is 373 g/mol. The summed E-state index contributed by atoms with van der Waals surface area (Å²) in [6.45, 7) is 4.89. The zero-order valence-electron chi connectivity index (χ0n) is 17.2. The highest BCUT2D eigenvalue weighted by Crippen LogP contribution is 2.55. The van der Waals surface area contributed by atoms with Gasteiger partial charge >= 0.3 is 0 Å². The lowest BCUT2D eigenvalue weighted by Gasteiger charge is -2.26. The third-order valence-corrected chi connectivity index (χ3v) is 9.22. The van der Waals surface area contributed by atoms with Gasteiger partial charge in [-0.05, 0) is 48.4 Å². The number of rotatable bonds is 8. The van der Waals surface area contributed by atoms with E-state index in [1.54, 1.807) is 6.08 Å². The third-order valence-electron chi connectivity index (χ3n) is 4.92. The summed E-state index contributed by atoms with van der Waals surface area (Å²) in [6, 6.07) is 32.1. The second kappa shape index (κ2) is 10.2. The van der Waals surface area contributed by atoms with Crippen LogP contribution in [0.25, 0.3) is 0 Å². The van der Waals surface area contributed by atoms with Gasteiger partial charge in [0, 0.05) is 12.6 Å². The van der Waals surface area contributed by atoms with E-state index in [4.69, 9.17) is 0 Å². The van der Waals surface area contributed by atoms with Crippen LogP contribution >= 0.6 is 7.26 Å². The Morgan fingerprint density at radius 2 is 1.21 bits per heavy atom. The van der Waals surface area contributed by atoms with Crippen molar-refractivity contribution in [2.45, 2.75) is 13.8 Å². The molecule has 148 valence electrons. The standard InChI is InChI=1S/C26H28NOP/c1-22(2)21-27-26(28)19-12-20-29(23-13-6-3-7-14-23,24-15-8-4-9-16-24)25-17-10-5-11-18-25/h3-19,22H,20-21H2,1-2H3/p+1/b19-12+. The lowest BCUT2D eigenvalue weighted by Crippen LogP contribution is -2.33. The summed E-state index contributed by atoms with van der Waals surface area (Å²) in [5.74, 6) is 0.419. The topological polar surface area (TPSA) is 29.1 Å². The monoisotopic (exact) mass is 402 g/mol. The number of allylic oxidation sites excluding steroid dienone is 1. The molecule has 0 aromatic heterocycles. The summed E-state index contributed by atoms with van der Waals surface area (Å²) in [4.78, 5) is 12.3. The first-order chi connectivity index (χ1) is 14.1. The van der Waals surface area contributed by atoms with Crippen molar-refractivity contribution in [2.24, 2.45) is 5.92 Å². The van der Waals surface area contributed by atoms with Crippen molar-refractivity contribution in [3.05, 3.63) is 103 Å². The summed E-state index contributed by atoms with van der Waals surface area (Å²) < 4.78 is 0. The molecule has 0 unspecified atom stereocenters. The fourth-order valence-corrected chi connectivity index (χ4v) is 7.48. The summed E-state index contributed by atoms with van der Waals surface area (Å²) in [7, 11) is -1.91. The number of nitrogens with one attached hydrogen (secondary N) is 1. The predicted octanol–water partition coefficient (Wildman–Crippen LogP) is 4.31. The van der Waals surface area contributed by atoms with Crippen LogP contribution < -0.4 is 21.2 Å². The van der Waals surface area contributed by atoms with Gasteiger partial charge in [-0.2, -0.15) is 0 Å². The minimum atomic E-state index is -1.91. The second-order valence-corrected chi connectivity index (χ2v) is 11.1. The molecule has 0 atom stereocenters. The highest BCUT2D eigenvalue weighted by Gasteiger charge is 2.44. The predicted molar refractivity (Wildman–Crippen MR) is 127 cm³/mol. The number of hydrogen-bond acceptors (Lipinski definition) is 1. The van der Waals surface area contributed by atoms with E-state index < -0.39 is 7.26 Å². The summed E-state index contributed by atoms with van der Waals surface area (Å²) in [5.41, 5.74) is 0. The fraction of sp³-hybridized carbons (Fsp3) is 0.192. The Morgan fingerprint density at radius 3 is 1.59 bits per heavy atom. The Balaban J connectivity index is 2.04. The number of benzene rings is 3. The number of carbonyl (C=O) groups excluding carboxylic acids is 1. The Morgan fingerprint density at radius 1 is 0.793 bits per heavy atom. The SMILES string of the molecule is CC(C)CNC(=O)/C=C/C[P+](c1ccccc1)(c1ccccc1)c1ccccc1. The van der Waals surface area contributed by atoms with E-state index in [-0.39, 0.29) is 5.91 Å². The Bertz CT molecular complexity index is 824. The minimum Gasteiger partial charge on any atom is -0.352 e. The van der Waals surface area contributed by atoms with E-state index in [1.807, 2.05) is 0 Å². The lowest BCUT2D eigenvalue weighted by molar-refractivity contribution is -0.116. The number of carbonyl (C=O) groups is 1. The van der Waals surface area contributed by atoms with Crippen molar-refractivity contribution < 1.29 is 4.79 Å². The quantitative estimate of drug-likeness (QED) is 0.442. The zero-order valence-corrected chi connectivity index (χ0v) is 18.1. The molecule has 1 amide bonds. The van der Waals surface area contributed by atoms with E-state index in [0.717, 1.165) is 6.16 Å². The largest absolute Gasteiger partial charge is 0.352 e. The first-order valence-corrected chi connectivity index (χ1v) is 12.1. The van der Waals surface area contributed by atoms with Gasteiger partial charge in [-0.1, -0.05) is 68.4 Å². The molecule has 0 saturated carbocycles. The summed E-state index contributed by atoms with van der Waals surface area (Å²) >= 11 is 0. The maximum atomic E-state index is 12.3. The van der Waals surface area contributed by atoms with Gasteiger partial charge in [-0.15, -0.1) is 0 Å². The van der Waals surface area contributed by atoms with Crippen LogP contribution in [0, 0.1) is 5.92 Å². The Kier molecular flexibility index (Phi) is 7.38. The first-order valence-electron chi connectivity index (χ1n) is 10.1. The molecule has 3 heteroatoms. The molecule has 3 rings (SSSR count). The van der Waals surface area contributed by atoms with Crippen molar-refractivity contribution in [3.8, 4) is 0 Å². The zero-order chi connectivity index (χ0) is 20.5. The van der Waals surface area contributed by atoms with Crippen LogP contribution in [-0.2, 0) is 4.79 Å². The molecule has 0 aliphatic heterocycles. The molecule has 0 radical (unpaired) electrons. The van der Waals surface area contributed by atoms with Crippen LogP contribution in [0.4, 0.5) is 0 Å². The van der Waals surface area contributed by atoms with Gasteiger partial charge in [0.1, 0.15) is 23.2 Å². The van der Waals surface area contributed by atoms with Crippen molar-refractivity contribution in [2.75, 3.05) is 12.7 Å². The highest BCUT2D eigenvalue weighted by atomic mass is 31.2. The summed E-state index contributed by atoms with van der Waals surface area (Å²) in [6.07, 6.45) is 4.56. The first kappa shape index (κ1) is 21.0. The smallest absolute Gasteiger partial charge is 0.243 e. The van der Waals surface area contributed by atoms with Crippen molar-refractivity contribution in [3.63, 3.8) is 0 Å². The maximum absolute atomic E-state index is 12.3. The van der Waals surface area contributed by atoms with Crippen molar-refractivity contribution in [1.29, 1.82) is 0 Å². The van der Waals surface area contributed by atoms with E-state index in [1.165, 1.54) is 15.9 Å². The summed E-state index contributed by atoms with van der Waals surface area (Å²) in [5, 5.41) is 6.95. The molecule has 0 aliphatic rings. The average molecular weight is 402 g/mol. The molecule has 0 bridgehead atoms. The van der Waals surface area contributed by atoms with E-state index in [9.17, 15) is 4.79 Å². The molecule has 0 fully saturated rings. The van der Waals surface area contributed by atoms with E-state index >= 15 is 0 Å². The Labute approximate surface area is 175 Å². The second-order valence-electron chi connectivity index (χ2n) is 7.54. The highest BCUT2D eigenvalue weighted by molar-refractivity contribution is 7.95. The fourth-order valence-electron chi connectivity index (χ4n) is 3.49. The van der Waals surface area contributed by atoms with Gasteiger partial charge in [0.15, 0.2) is 0 Å². The molecule has 0 spiro atoms. The molecule has 3 aromatic rings. The molecule has 0 saturated heterocycles. The number of amides is 1. The molecule has 0 aliphatic carbocycles. The number of hydrogen-bond donors (Lipinski definition) is 1. The van der Waals surface area contributed by atoms with Crippen LogP contribution in [-0.4, -0.2) is 18.6 Å². The lowest BCUT2D eigenvalue weighted by atomic mass is 10.2. The van der Waals surface area contributed by atoms with Crippen LogP contribution in [0.15, 0.2) is 103 Å². The molecular formula is C26H29NOP+. The van der Waals surface area contributed by atoms with Gasteiger partial charge in [0.2, 0.25) is 5.91 Å². The van der Waals surface area contributed by atoms with Gasteiger partial charge in [0.25, 0.3) is 0 Å². The van der Waals surface area contributed by atoms with Gasteiger partial charge < -0.3 is 5.32 Å². The van der Waals surface area contributed by atoms with E-state index in [2.05, 4.69) is 116 Å². The minimum absolute atomic E-state index is 0.0222. The molecule has 0 heterocycles. The third kappa shape index (κ3) is 5.22. The molecule has 3 aromatic carbocycles. The Hall–Kier alpha value is -2.70. The van der Waals surface area contributed by atoms with Crippen LogP contribution in [0.5, 0.6) is 0 Å². The van der Waals surface area contributed by atoms with Crippen molar-refractivity contribution >= 4 is 29.1 Å². The maximum Gasteiger partial charge on any atom is 0.243 e. The molecule has 1 N–H and O–H groups in total. The van der Waals surface area contributed by atoms with Crippen LogP contribution in [0.3, 0.4) is 0 Å². The molecule has 29 heavy (non-hydrogen) atoms. The van der Waals surface area contributed by atoms with Gasteiger partial charge in [-0.25, -0.2) is 0 Å². The van der Waals surface area contributed by atoms with Gasteiger partial charge in [-0.3, -0.25) is 4.79 Å².